The third-order valence-corrected chi connectivity index (χ3v) is 6.07. The summed E-state index contributed by atoms with van der Waals surface area (Å²) in [5.74, 6) is -0.471. The zero-order chi connectivity index (χ0) is 26.1. The number of primary amides is 2. The molecule has 4 amide bonds. The molecule has 1 atom stereocenters. The molecule has 0 bridgehead atoms. The number of nitrogens with zero attached hydrogens (tertiary/aromatic N) is 2. The number of imidazole rings is 1. The number of hydrogen-bond donors (Lipinski definition) is 5. The van der Waals surface area contributed by atoms with Crippen molar-refractivity contribution in [2.75, 3.05) is 17.2 Å². The predicted octanol–water partition coefficient (Wildman–Crippen LogP) is 3.52. The number of urea groups is 1. The fraction of sp³-hybridized carbons (Fsp3) is 0.250. The van der Waals surface area contributed by atoms with Crippen LogP contribution in [0.15, 0.2) is 54.9 Å². The van der Waals surface area contributed by atoms with Gasteiger partial charge in [0.15, 0.2) is 5.95 Å². The minimum Gasteiger partial charge on any atom is -0.369 e. The van der Waals surface area contributed by atoms with E-state index in [4.69, 9.17) is 34.7 Å². The van der Waals surface area contributed by atoms with Crippen LogP contribution in [-0.4, -0.2) is 45.3 Å². The van der Waals surface area contributed by atoms with Gasteiger partial charge in [-0.1, -0.05) is 47.5 Å². The second-order valence-corrected chi connectivity index (χ2v) is 8.89. The highest BCUT2D eigenvalue weighted by Gasteiger charge is 2.28. The third-order valence-electron chi connectivity index (χ3n) is 5.34. The van der Waals surface area contributed by atoms with Crippen molar-refractivity contribution in [3.05, 3.63) is 76.0 Å². The first kappa shape index (κ1) is 26.8. The van der Waals surface area contributed by atoms with Gasteiger partial charge in [0.25, 0.3) is 0 Å². The van der Waals surface area contributed by atoms with Gasteiger partial charge >= 0.3 is 6.03 Å². The van der Waals surface area contributed by atoms with E-state index in [0.717, 1.165) is 11.1 Å². The summed E-state index contributed by atoms with van der Waals surface area (Å²) in [6, 6.07) is 10.3. The molecule has 190 valence electrons. The van der Waals surface area contributed by atoms with Gasteiger partial charge in [-0.25, -0.2) is 9.78 Å². The van der Waals surface area contributed by atoms with Crippen LogP contribution in [-0.2, 0) is 22.6 Å². The summed E-state index contributed by atoms with van der Waals surface area (Å²) >= 11 is 12.1. The summed E-state index contributed by atoms with van der Waals surface area (Å²) in [4.78, 5) is 45.4. The number of rotatable bonds is 12. The largest absolute Gasteiger partial charge is 0.369 e. The van der Waals surface area contributed by atoms with Gasteiger partial charge in [0.1, 0.15) is 6.04 Å². The number of nitrogens with one attached hydrogen (secondary N) is 3. The zero-order valence-corrected chi connectivity index (χ0v) is 20.9. The minimum absolute atomic E-state index is 0.100. The number of aromatic nitrogens is 2. The van der Waals surface area contributed by atoms with Gasteiger partial charge in [-0.15, -0.1) is 0 Å². The van der Waals surface area contributed by atoms with Crippen LogP contribution in [0.2, 0.25) is 10.0 Å². The Morgan fingerprint density at radius 3 is 2.36 bits per heavy atom. The molecule has 7 N–H and O–H groups in total. The smallest absolute Gasteiger partial charge is 0.322 e. The number of aromatic amines is 1. The standard InChI is InChI=1S/C24H27Cl2N7O3/c25-18-8-7-17(13-19(18)26)32-24(36)33(14-16-5-3-15(4-6-16)12-21(27)34)20(22(28)35)2-1-9-29-23-30-10-11-31-23/h3-8,10-11,13,20H,1-2,9,12,14H2,(H2,27,34)(H2,28,35)(H,32,36)(H2,29,30,31)/t20-/m1/s1. The number of carbonyl (C=O) groups excluding carboxylic acids is 3. The Morgan fingerprint density at radius 1 is 1.03 bits per heavy atom. The Bertz CT molecular complexity index is 1190. The lowest BCUT2D eigenvalue weighted by molar-refractivity contribution is -0.122. The normalized spacial score (nSPS) is 11.5. The van der Waals surface area contributed by atoms with Crippen molar-refractivity contribution < 1.29 is 14.4 Å². The molecular formula is C24H27Cl2N7O3. The Kier molecular flexibility index (Phi) is 9.54. The van der Waals surface area contributed by atoms with Gasteiger partial charge in [-0.05, 0) is 42.2 Å². The minimum atomic E-state index is -0.892. The van der Waals surface area contributed by atoms with E-state index in [1.807, 2.05) is 0 Å². The molecule has 0 spiro atoms. The van der Waals surface area contributed by atoms with Gasteiger partial charge in [-0.3, -0.25) is 9.59 Å². The highest BCUT2D eigenvalue weighted by atomic mass is 35.5. The lowest BCUT2D eigenvalue weighted by Crippen LogP contribution is -2.49. The highest BCUT2D eigenvalue weighted by Crippen LogP contribution is 2.25. The molecule has 0 saturated heterocycles. The first-order chi connectivity index (χ1) is 17.2. The average Bonchev–Trinajstić information content (AvgIpc) is 3.34. The second-order valence-electron chi connectivity index (χ2n) is 8.07. The van der Waals surface area contributed by atoms with Crippen molar-refractivity contribution in [3.8, 4) is 0 Å². The zero-order valence-electron chi connectivity index (χ0n) is 19.3. The van der Waals surface area contributed by atoms with Gasteiger partial charge in [0, 0.05) is 31.2 Å². The lowest BCUT2D eigenvalue weighted by Gasteiger charge is -2.30. The van der Waals surface area contributed by atoms with E-state index in [2.05, 4.69) is 20.6 Å². The molecule has 3 rings (SSSR count). The van der Waals surface area contributed by atoms with E-state index in [0.29, 0.717) is 36.0 Å². The van der Waals surface area contributed by atoms with Crippen LogP contribution in [0.4, 0.5) is 16.4 Å². The Morgan fingerprint density at radius 2 is 1.75 bits per heavy atom. The molecule has 2 aromatic carbocycles. The maximum atomic E-state index is 13.3. The quantitative estimate of drug-likeness (QED) is 0.225. The molecule has 0 radical (unpaired) electrons. The summed E-state index contributed by atoms with van der Waals surface area (Å²) in [7, 11) is 0. The van der Waals surface area contributed by atoms with Crippen molar-refractivity contribution in [2.45, 2.75) is 31.8 Å². The summed E-state index contributed by atoms with van der Waals surface area (Å²) in [5, 5.41) is 6.50. The van der Waals surface area contributed by atoms with Crippen molar-refractivity contribution in [1.29, 1.82) is 0 Å². The Hall–Kier alpha value is -3.76. The number of carbonyl (C=O) groups is 3. The SMILES string of the molecule is NC(=O)Cc1ccc(CN(C(=O)Nc2ccc(Cl)c(Cl)c2)[C@H](CCCNc2ncc[nH]2)C(N)=O)cc1. The van der Waals surface area contributed by atoms with E-state index in [9.17, 15) is 14.4 Å². The molecule has 3 aromatic rings. The van der Waals surface area contributed by atoms with Crippen LogP contribution in [0.1, 0.15) is 24.0 Å². The lowest BCUT2D eigenvalue weighted by atomic mass is 10.1. The van der Waals surface area contributed by atoms with Crippen molar-refractivity contribution in [1.82, 2.24) is 14.9 Å². The molecule has 0 fully saturated rings. The topological polar surface area (TPSA) is 159 Å². The molecular weight excluding hydrogens is 505 g/mol. The van der Waals surface area contributed by atoms with Crippen molar-refractivity contribution in [2.24, 2.45) is 11.5 Å². The number of H-pyrrole nitrogens is 1. The monoisotopic (exact) mass is 531 g/mol. The number of amides is 4. The highest BCUT2D eigenvalue weighted by molar-refractivity contribution is 6.42. The van der Waals surface area contributed by atoms with Crippen LogP contribution in [0.5, 0.6) is 0 Å². The van der Waals surface area contributed by atoms with Gasteiger partial charge in [0.05, 0.1) is 16.5 Å². The number of benzene rings is 2. The Balaban J connectivity index is 1.77. The third kappa shape index (κ3) is 7.89. The molecule has 0 aliphatic heterocycles. The molecule has 1 heterocycles. The molecule has 1 aromatic heterocycles. The molecule has 0 saturated carbocycles. The maximum Gasteiger partial charge on any atom is 0.322 e. The number of anilines is 2. The van der Waals surface area contributed by atoms with Crippen molar-refractivity contribution in [3.63, 3.8) is 0 Å². The van der Waals surface area contributed by atoms with E-state index in [1.165, 1.54) is 11.0 Å². The summed E-state index contributed by atoms with van der Waals surface area (Å²) in [6.07, 6.45) is 4.28. The van der Waals surface area contributed by atoms with Crippen LogP contribution in [0, 0.1) is 0 Å². The molecule has 12 heteroatoms. The summed E-state index contributed by atoms with van der Waals surface area (Å²) in [5.41, 5.74) is 12.9. The molecule has 0 aliphatic carbocycles. The summed E-state index contributed by atoms with van der Waals surface area (Å²) in [6.45, 7) is 0.616. The van der Waals surface area contributed by atoms with E-state index >= 15 is 0 Å². The molecule has 0 unspecified atom stereocenters. The van der Waals surface area contributed by atoms with Gasteiger partial charge in [-0.2, -0.15) is 0 Å². The van der Waals surface area contributed by atoms with Gasteiger partial charge in [0.2, 0.25) is 11.8 Å². The fourth-order valence-corrected chi connectivity index (χ4v) is 3.87. The first-order valence-electron chi connectivity index (χ1n) is 11.1. The van der Waals surface area contributed by atoms with Crippen LogP contribution >= 0.6 is 23.2 Å². The van der Waals surface area contributed by atoms with Crippen LogP contribution < -0.4 is 22.1 Å². The molecule has 36 heavy (non-hydrogen) atoms. The number of hydrogen-bond acceptors (Lipinski definition) is 5. The average molecular weight is 532 g/mol. The van der Waals surface area contributed by atoms with Gasteiger partial charge < -0.3 is 32.0 Å². The van der Waals surface area contributed by atoms with E-state index in [-0.39, 0.29) is 18.0 Å². The van der Waals surface area contributed by atoms with E-state index in [1.54, 1.807) is 48.8 Å². The Labute approximate surface area is 218 Å². The molecule has 10 nitrogen and oxygen atoms in total. The summed E-state index contributed by atoms with van der Waals surface area (Å²) < 4.78 is 0. The van der Waals surface area contributed by atoms with Crippen LogP contribution in [0.3, 0.4) is 0 Å². The fourth-order valence-electron chi connectivity index (χ4n) is 3.57. The first-order valence-corrected chi connectivity index (χ1v) is 11.9. The predicted molar refractivity (Wildman–Crippen MR) is 140 cm³/mol. The molecule has 0 aliphatic rings. The van der Waals surface area contributed by atoms with E-state index < -0.39 is 23.9 Å². The number of nitrogens with two attached hydrogens (primary N) is 2. The number of halogens is 2. The maximum absolute atomic E-state index is 13.3. The van der Waals surface area contributed by atoms with Crippen molar-refractivity contribution >= 4 is 52.7 Å². The van der Waals surface area contributed by atoms with Crippen LogP contribution in [0.25, 0.3) is 0 Å². The second kappa shape index (κ2) is 12.8.